The third kappa shape index (κ3) is 4.55. The highest BCUT2D eigenvalue weighted by molar-refractivity contribution is 5.77. The second kappa shape index (κ2) is 8.12. The smallest absolute Gasteiger partial charge is 0.324 e. The number of carboxylic acid groups (broad SMARTS) is 1. The van der Waals surface area contributed by atoms with E-state index in [1.807, 2.05) is 60.7 Å². The normalized spacial score (nSPS) is 13.9. The molecule has 0 saturated heterocycles. The van der Waals surface area contributed by atoms with Crippen molar-refractivity contribution in [2.75, 3.05) is 6.61 Å². The average molecular weight is 297 g/mol. The van der Waals surface area contributed by atoms with E-state index in [9.17, 15) is 15.0 Å². The lowest BCUT2D eigenvalue weighted by atomic mass is 10.1. The van der Waals surface area contributed by atoms with E-state index in [0.717, 1.165) is 11.1 Å². The van der Waals surface area contributed by atoms with Gasteiger partial charge in [-0.25, -0.2) is 0 Å². The third-order valence-corrected chi connectivity index (χ3v) is 3.31. The number of hydrogen-bond donors (Lipinski definition) is 3. The van der Waals surface area contributed by atoms with Crippen molar-refractivity contribution in [2.24, 2.45) is 0 Å². The van der Waals surface area contributed by atoms with Gasteiger partial charge in [0.05, 0.1) is 12.6 Å². The fourth-order valence-electron chi connectivity index (χ4n) is 2.14. The van der Waals surface area contributed by atoms with Gasteiger partial charge in [-0.15, -0.1) is 0 Å². The molecule has 4 heteroatoms. The van der Waals surface area contributed by atoms with Gasteiger partial charge in [-0.1, -0.05) is 72.8 Å². The van der Waals surface area contributed by atoms with Gasteiger partial charge in [0.15, 0.2) is 0 Å². The predicted molar refractivity (Wildman–Crippen MR) is 86.3 cm³/mol. The van der Waals surface area contributed by atoms with Gasteiger partial charge in [-0.3, -0.25) is 10.1 Å². The molecule has 4 nitrogen and oxygen atoms in total. The topological polar surface area (TPSA) is 69.6 Å². The maximum absolute atomic E-state index is 11.4. The Bertz CT molecular complexity index is 611. The Hall–Kier alpha value is -2.43. The Morgan fingerprint density at radius 1 is 1.05 bits per heavy atom. The second-order valence-electron chi connectivity index (χ2n) is 4.90. The molecule has 22 heavy (non-hydrogen) atoms. The summed E-state index contributed by atoms with van der Waals surface area (Å²) in [5.41, 5.74) is 1.78. The summed E-state index contributed by atoms with van der Waals surface area (Å²) in [7, 11) is 0. The Balaban J connectivity index is 2.11. The number of rotatable bonds is 7. The Kier molecular flexibility index (Phi) is 5.89. The molecule has 2 aromatic carbocycles. The number of hydrogen-bond acceptors (Lipinski definition) is 3. The largest absolute Gasteiger partial charge is 0.480 e. The highest BCUT2D eigenvalue weighted by atomic mass is 16.4. The number of aliphatic carboxylic acids is 1. The van der Waals surface area contributed by atoms with E-state index in [2.05, 4.69) is 5.32 Å². The minimum atomic E-state index is -0.985. The maximum atomic E-state index is 11.4. The van der Waals surface area contributed by atoms with Crippen LogP contribution in [0.3, 0.4) is 0 Å². The van der Waals surface area contributed by atoms with E-state index in [1.54, 1.807) is 12.2 Å². The van der Waals surface area contributed by atoms with Crippen LogP contribution in [0.25, 0.3) is 6.08 Å². The van der Waals surface area contributed by atoms with Crippen LogP contribution in [0.5, 0.6) is 0 Å². The summed E-state index contributed by atoms with van der Waals surface area (Å²) in [6.45, 7) is -0.174. The first-order valence-corrected chi connectivity index (χ1v) is 7.08. The molecule has 2 rings (SSSR count). The molecule has 0 fully saturated rings. The van der Waals surface area contributed by atoms with Crippen molar-refractivity contribution in [3.63, 3.8) is 0 Å². The van der Waals surface area contributed by atoms with E-state index < -0.39 is 18.1 Å². The first kappa shape index (κ1) is 15.9. The molecule has 0 aromatic heterocycles. The van der Waals surface area contributed by atoms with Crippen molar-refractivity contribution in [2.45, 2.75) is 12.1 Å². The lowest BCUT2D eigenvalue weighted by Gasteiger charge is -2.20. The summed E-state index contributed by atoms with van der Waals surface area (Å²) in [5, 5.41) is 21.8. The standard InChI is InChI=1S/C18H19NO3/c20-13-17(15-9-5-2-6-10-15)19-16(18(21)22)12-11-14-7-3-1-4-8-14/h1-12,16-17,19-20H,13H2,(H,21,22)/b12-11+/t16-,17-/m1/s1. The lowest BCUT2D eigenvalue weighted by molar-refractivity contribution is -0.138. The molecule has 0 bridgehead atoms. The predicted octanol–water partition coefficient (Wildman–Crippen LogP) is 2.48. The zero-order chi connectivity index (χ0) is 15.8. The van der Waals surface area contributed by atoms with Gasteiger partial charge in [0.1, 0.15) is 6.04 Å². The molecule has 2 atom stereocenters. The molecule has 0 spiro atoms. The Morgan fingerprint density at radius 2 is 1.64 bits per heavy atom. The van der Waals surface area contributed by atoms with Crippen molar-refractivity contribution in [1.82, 2.24) is 5.32 Å². The first-order chi connectivity index (χ1) is 10.7. The molecule has 2 aromatic rings. The van der Waals surface area contributed by atoms with E-state index >= 15 is 0 Å². The first-order valence-electron chi connectivity index (χ1n) is 7.08. The number of benzene rings is 2. The minimum absolute atomic E-state index is 0.174. The molecular weight excluding hydrogens is 278 g/mol. The van der Waals surface area contributed by atoms with Gasteiger partial charge in [-0.05, 0) is 11.1 Å². The van der Waals surface area contributed by atoms with Crippen molar-refractivity contribution in [3.05, 3.63) is 77.9 Å². The summed E-state index contributed by atoms with van der Waals surface area (Å²) in [6.07, 6.45) is 3.34. The zero-order valence-corrected chi connectivity index (χ0v) is 12.1. The van der Waals surface area contributed by atoms with Crippen molar-refractivity contribution < 1.29 is 15.0 Å². The summed E-state index contributed by atoms with van der Waals surface area (Å²) in [5.74, 6) is -0.985. The average Bonchev–Trinajstić information content (AvgIpc) is 2.56. The fourth-order valence-corrected chi connectivity index (χ4v) is 2.14. The van der Waals surface area contributed by atoms with Crippen LogP contribution >= 0.6 is 0 Å². The molecule has 0 unspecified atom stereocenters. The molecule has 0 aliphatic heterocycles. The molecule has 0 aliphatic rings. The van der Waals surface area contributed by atoms with Gasteiger partial charge in [0, 0.05) is 0 Å². The van der Waals surface area contributed by atoms with Crippen LogP contribution < -0.4 is 5.32 Å². The number of nitrogens with one attached hydrogen (secondary N) is 1. The highest BCUT2D eigenvalue weighted by Crippen LogP contribution is 2.13. The van der Waals surface area contributed by atoms with Crippen LogP contribution in [0, 0.1) is 0 Å². The van der Waals surface area contributed by atoms with Gasteiger partial charge in [0.2, 0.25) is 0 Å². The summed E-state index contributed by atoms with van der Waals surface area (Å²) in [4.78, 5) is 11.4. The zero-order valence-electron chi connectivity index (χ0n) is 12.1. The molecule has 3 N–H and O–H groups in total. The van der Waals surface area contributed by atoms with E-state index in [4.69, 9.17) is 0 Å². The van der Waals surface area contributed by atoms with Crippen LogP contribution in [0.1, 0.15) is 17.2 Å². The quantitative estimate of drug-likeness (QED) is 0.734. The lowest BCUT2D eigenvalue weighted by Crippen LogP contribution is -2.39. The minimum Gasteiger partial charge on any atom is -0.480 e. The van der Waals surface area contributed by atoms with Crippen LogP contribution in [0.4, 0.5) is 0 Å². The SMILES string of the molecule is O=C(O)[C@@H](/C=C/c1ccccc1)N[C@H](CO)c1ccccc1. The molecule has 0 aliphatic carbocycles. The van der Waals surface area contributed by atoms with Gasteiger partial charge >= 0.3 is 5.97 Å². The number of aliphatic hydroxyl groups is 1. The molecular formula is C18H19NO3. The number of aliphatic hydroxyl groups excluding tert-OH is 1. The molecule has 0 radical (unpaired) electrons. The third-order valence-electron chi connectivity index (χ3n) is 3.31. The fraction of sp³-hybridized carbons (Fsp3) is 0.167. The molecule has 0 heterocycles. The summed E-state index contributed by atoms with van der Waals surface area (Å²) < 4.78 is 0. The van der Waals surface area contributed by atoms with Crippen LogP contribution in [0.15, 0.2) is 66.7 Å². The maximum Gasteiger partial charge on any atom is 0.324 e. The van der Waals surface area contributed by atoms with Crippen LogP contribution in [-0.4, -0.2) is 28.8 Å². The van der Waals surface area contributed by atoms with E-state index in [-0.39, 0.29) is 6.61 Å². The summed E-state index contributed by atoms with van der Waals surface area (Å²) >= 11 is 0. The monoisotopic (exact) mass is 297 g/mol. The molecule has 0 saturated carbocycles. The molecule has 114 valence electrons. The number of carboxylic acids is 1. The van der Waals surface area contributed by atoms with Gasteiger partial charge < -0.3 is 10.2 Å². The van der Waals surface area contributed by atoms with Gasteiger partial charge in [-0.2, -0.15) is 0 Å². The van der Waals surface area contributed by atoms with Crippen LogP contribution in [0.2, 0.25) is 0 Å². The highest BCUT2D eigenvalue weighted by Gasteiger charge is 2.19. The van der Waals surface area contributed by atoms with Crippen molar-refractivity contribution in [3.8, 4) is 0 Å². The molecule has 0 amide bonds. The van der Waals surface area contributed by atoms with E-state index in [1.165, 1.54) is 0 Å². The Labute approximate surface area is 129 Å². The second-order valence-corrected chi connectivity index (χ2v) is 4.90. The van der Waals surface area contributed by atoms with Gasteiger partial charge in [0.25, 0.3) is 0 Å². The Morgan fingerprint density at radius 3 is 2.18 bits per heavy atom. The van der Waals surface area contributed by atoms with Crippen molar-refractivity contribution >= 4 is 12.0 Å². The van der Waals surface area contributed by atoms with Crippen LogP contribution in [-0.2, 0) is 4.79 Å². The summed E-state index contributed by atoms with van der Waals surface area (Å²) in [6, 6.07) is 17.5. The number of carbonyl (C=O) groups is 1. The van der Waals surface area contributed by atoms with Crippen molar-refractivity contribution in [1.29, 1.82) is 0 Å². The van der Waals surface area contributed by atoms with E-state index in [0.29, 0.717) is 0 Å².